The van der Waals surface area contributed by atoms with Gasteiger partial charge in [-0.1, -0.05) is 89.9 Å². The molecule has 3 amide bonds. The molecular weight excluding hydrogens is 644 g/mol. The third kappa shape index (κ3) is 8.85. The summed E-state index contributed by atoms with van der Waals surface area (Å²) in [4.78, 5) is 40.7. The first kappa shape index (κ1) is 32.5. The summed E-state index contributed by atoms with van der Waals surface area (Å²) in [6.45, 7) is 0. The van der Waals surface area contributed by atoms with Gasteiger partial charge in [0.15, 0.2) is 0 Å². The summed E-state index contributed by atoms with van der Waals surface area (Å²) in [6, 6.07) is 35.2. The number of nitrogens with one attached hydrogen (secondary N) is 3. The summed E-state index contributed by atoms with van der Waals surface area (Å²) in [6.07, 6.45) is 1.47. The lowest BCUT2D eigenvalue weighted by molar-refractivity contribution is -0.116. The lowest BCUT2D eigenvalue weighted by Crippen LogP contribution is -2.30. The van der Waals surface area contributed by atoms with Gasteiger partial charge in [-0.25, -0.2) is 4.39 Å². The summed E-state index contributed by atoms with van der Waals surface area (Å²) < 4.78 is 13.5. The first-order chi connectivity index (χ1) is 22.2. The van der Waals surface area contributed by atoms with Crippen LogP contribution in [0, 0.1) is 5.82 Å². The fourth-order valence-electron chi connectivity index (χ4n) is 4.33. The van der Waals surface area contributed by atoms with Crippen LogP contribution in [0.2, 0.25) is 10.0 Å². The van der Waals surface area contributed by atoms with E-state index in [0.29, 0.717) is 37.4 Å². The normalized spacial score (nSPS) is 11.8. The van der Waals surface area contributed by atoms with Gasteiger partial charge in [0.05, 0.1) is 10.0 Å². The maximum atomic E-state index is 13.5. The number of carbonyl (C=O) groups excluding carboxylic acids is 3. The van der Waals surface area contributed by atoms with Crippen LogP contribution < -0.4 is 16.0 Å². The van der Waals surface area contributed by atoms with E-state index in [0.717, 1.165) is 5.56 Å². The SMILES string of the molecule is O=C(Nc1cccc(SC(C(=O)Nc2ccc(Cl)c(Cl)c2)c2ccccc2)c1)/C(=C/c1ccc(F)cc1)NC(=O)c1ccccc1. The van der Waals surface area contributed by atoms with Gasteiger partial charge in [0.25, 0.3) is 11.8 Å². The molecule has 0 spiro atoms. The van der Waals surface area contributed by atoms with Crippen molar-refractivity contribution in [2.45, 2.75) is 10.1 Å². The minimum atomic E-state index is -0.652. The second kappa shape index (κ2) is 15.4. The molecule has 0 aliphatic carbocycles. The summed E-state index contributed by atoms with van der Waals surface area (Å²) in [5.74, 6) is -1.78. The molecule has 46 heavy (non-hydrogen) atoms. The van der Waals surface area contributed by atoms with Crippen LogP contribution in [0.3, 0.4) is 0 Å². The molecule has 0 saturated heterocycles. The molecule has 0 aliphatic heterocycles. The molecule has 0 bridgehead atoms. The monoisotopic (exact) mass is 669 g/mol. The van der Waals surface area contributed by atoms with Crippen LogP contribution in [0.15, 0.2) is 138 Å². The minimum Gasteiger partial charge on any atom is -0.325 e. The Morgan fingerprint density at radius 3 is 2.07 bits per heavy atom. The van der Waals surface area contributed by atoms with E-state index in [4.69, 9.17) is 23.2 Å². The molecule has 6 nitrogen and oxygen atoms in total. The highest BCUT2D eigenvalue weighted by molar-refractivity contribution is 8.00. The highest BCUT2D eigenvalue weighted by atomic mass is 35.5. The van der Waals surface area contributed by atoms with Crippen molar-refractivity contribution >= 4 is 70.1 Å². The van der Waals surface area contributed by atoms with Crippen LogP contribution in [0.5, 0.6) is 0 Å². The zero-order valence-corrected chi connectivity index (χ0v) is 26.4. The summed E-state index contributed by atoms with van der Waals surface area (Å²) in [7, 11) is 0. The van der Waals surface area contributed by atoms with Gasteiger partial charge >= 0.3 is 0 Å². The van der Waals surface area contributed by atoms with Crippen LogP contribution in [0.25, 0.3) is 6.08 Å². The Kier molecular flexibility index (Phi) is 10.9. The Morgan fingerprint density at radius 2 is 1.37 bits per heavy atom. The molecular formula is C36H26Cl2FN3O3S. The van der Waals surface area contributed by atoms with E-state index in [1.807, 2.05) is 36.4 Å². The average molecular weight is 671 g/mol. The summed E-state index contributed by atoms with van der Waals surface area (Å²) in [5, 5.41) is 8.45. The molecule has 0 saturated carbocycles. The van der Waals surface area contributed by atoms with Crippen LogP contribution in [0.4, 0.5) is 15.8 Å². The lowest BCUT2D eigenvalue weighted by atomic mass is 10.1. The first-order valence-corrected chi connectivity index (χ1v) is 15.6. The van der Waals surface area contributed by atoms with Crippen LogP contribution >= 0.6 is 35.0 Å². The fourth-order valence-corrected chi connectivity index (χ4v) is 5.71. The number of hydrogen-bond acceptors (Lipinski definition) is 4. The topological polar surface area (TPSA) is 87.3 Å². The van der Waals surface area contributed by atoms with Crippen LogP contribution in [-0.4, -0.2) is 17.7 Å². The van der Waals surface area contributed by atoms with Crippen molar-refractivity contribution in [3.63, 3.8) is 0 Å². The first-order valence-electron chi connectivity index (χ1n) is 14.0. The highest BCUT2D eigenvalue weighted by Crippen LogP contribution is 2.37. The zero-order valence-electron chi connectivity index (χ0n) is 24.0. The van der Waals surface area contributed by atoms with Crippen molar-refractivity contribution in [2.24, 2.45) is 0 Å². The largest absolute Gasteiger partial charge is 0.325 e. The molecule has 1 unspecified atom stereocenters. The number of benzene rings is 5. The van der Waals surface area contributed by atoms with Crippen molar-refractivity contribution in [1.82, 2.24) is 5.32 Å². The highest BCUT2D eigenvalue weighted by Gasteiger charge is 2.23. The Morgan fingerprint density at radius 1 is 0.696 bits per heavy atom. The molecule has 5 aromatic rings. The predicted octanol–water partition coefficient (Wildman–Crippen LogP) is 9.01. The summed E-state index contributed by atoms with van der Waals surface area (Å²) in [5.41, 5.74) is 2.55. The van der Waals surface area contributed by atoms with Gasteiger partial charge < -0.3 is 16.0 Å². The second-order valence-electron chi connectivity index (χ2n) is 9.94. The number of anilines is 2. The van der Waals surface area contributed by atoms with Gasteiger partial charge in [0.2, 0.25) is 5.91 Å². The second-order valence-corrected chi connectivity index (χ2v) is 11.9. The van der Waals surface area contributed by atoms with E-state index in [2.05, 4.69) is 16.0 Å². The van der Waals surface area contributed by atoms with Crippen molar-refractivity contribution in [1.29, 1.82) is 0 Å². The number of amides is 3. The Bertz CT molecular complexity index is 1890. The summed E-state index contributed by atoms with van der Waals surface area (Å²) >= 11 is 13.5. The van der Waals surface area contributed by atoms with Gasteiger partial charge in [-0.05, 0) is 77.9 Å². The molecule has 3 N–H and O–H groups in total. The Labute approximate surface area is 279 Å². The molecule has 10 heteroatoms. The molecule has 230 valence electrons. The average Bonchev–Trinajstić information content (AvgIpc) is 3.07. The molecule has 0 aliphatic rings. The minimum absolute atomic E-state index is 0.0401. The van der Waals surface area contributed by atoms with E-state index in [1.54, 1.807) is 66.7 Å². The third-order valence-electron chi connectivity index (χ3n) is 6.58. The van der Waals surface area contributed by atoms with E-state index < -0.39 is 22.9 Å². The molecule has 5 rings (SSSR count). The van der Waals surface area contributed by atoms with E-state index in [1.165, 1.54) is 42.1 Å². The fraction of sp³-hybridized carbons (Fsp3) is 0.0278. The maximum Gasteiger partial charge on any atom is 0.272 e. The number of halogens is 3. The Hall–Kier alpha value is -4.89. The van der Waals surface area contributed by atoms with Crippen molar-refractivity contribution < 1.29 is 18.8 Å². The van der Waals surface area contributed by atoms with Crippen molar-refractivity contribution in [2.75, 3.05) is 10.6 Å². The molecule has 0 fully saturated rings. The molecule has 0 aromatic heterocycles. The molecule has 0 radical (unpaired) electrons. The number of thioether (sulfide) groups is 1. The number of rotatable bonds is 10. The van der Waals surface area contributed by atoms with Crippen LogP contribution in [0.1, 0.15) is 26.7 Å². The van der Waals surface area contributed by atoms with Crippen LogP contribution in [-0.2, 0) is 9.59 Å². The maximum absolute atomic E-state index is 13.5. The van der Waals surface area contributed by atoms with Gasteiger partial charge in [-0.15, -0.1) is 11.8 Å². The number of carbonyl (C=O) groups is 3. The van der Waals surface area contributed by atoms with Gasteiger partial charge in [0.1, 0.15) is 16.8 Å². The standard InChI is InChI=1S/C36H26Cl2FN3O3S/c37-30-19-18-28(22-31(30)38)41-36(45)33(24-8-3-1-4-9-24)46-29-13-7-12-27(21-29)40-35(44)32(20-23-14-16-26(39)17-15-23)42-34(43)25-10-5-2-6-11-25/h1-22,33H,(H,40,44)(H,41,45)(H,42,43)/b32-20-. The van der Waals surface area contributed by atoms with Gasteiger partial charge in [0, 0.05) is 21.8 Å². The Balaban J connectivity index is 1.37. The quantitative estimate of drug-likeness (QED) is 0.102. The van der Waals surface area contributed by atoms with E-state index >= 15 is 0 Å². The van der Waals surface area contributed by atoms with Gasteiger partial charge in [-0.3, -0.25) is 14.4 Å². The smallest absolute Gasteiger partial charge is 0.272 e. The van der Waals surface area contributed by atoms with Crippen molar-refractivity contribution in [3.8, 4) is 0 Å². The van der Waals surface area contributed by atoms with E-state index in [-0.39, 0.29) is 11.6 Å². The van der Waals surface area contributed by atoms with E-state index in [9.17, 15) is 18.8 Å². The molecule has 0 heterocycles. The number of hydrogen-bond donors (Lipinski definition) is 3. The molecule has 1 atom stereocenters. The zero-order chi connectivity index (χ0) is 32.5. The van der Waals surface area contributed by atoms with Crippen molar-refractivity contribution in [3.05, 3.63) is 166 Å². The lowest BCUT2D eigenvalue weighted by Gasteiger charge is -2.18. The molecule has 5 aromatic carbocycles. The predicted molar refractivity (Wildman–Crippen MR) is 183 cm³/mol. The van der Waals surface area contributed by atoms with Gasteiger partial charge in [-0.2, -0.15) is 0 Å². The third-order valence-corrected chi connectivity index (χ3v) is 8.57.